The van der Waals surface area contributed by atoms with Gasteiger partial charge in [0.15, 0.2) is 11.5 Å². The molecule has 2 aromatic carbocycles. The number of benzene rings is 2. The predicted octanol–water partition coefficient (Wildman–Crippen LogP) is 4.40. The molecule has 0 fully saturated rings. The van der Waals surface area contributed by atoms with Crippen LogP contribution in [0.2, 0.25) is 0 Å². The topological polar surface area (TPSA) is 80.3 Å². The zero-order chi connectivity index (χ0) is 22.8. The van der Waals surface area contributed by atoms with Crippen molar-refractivity contribution in [2.75, 3.05) is 20.8 Å². The highest BCUT2D eigenvalue weighted by Crippen LogP contribution is 2.46. The van der Waals surface area contributed by atoms with Crippen LogP contribution in [0.25, 0.3) is 11.1 Å². The van der Waals surface area contributed by atoms with Gasteiger partial charge in [0.05, 0.1) is 31.3 Å². The van der Waals surface area contributed by atoms with Gasteiger partial charge in [-0.25, -0.2) is 4.79 Å². The first-order chi connectivity index (χ1) is 14.7. The lowest BCUT2D eigenvalue weighted by Crippen LogP contribution is -2.34. The van der Waals surface area contributed by atoms with E-state index in [9.17, 15) is 9.59 Å². The first-order valence-corrected chi connectivity index (χ1v) is 10.1. The van der Waals surface area contributed by atoms with Gasteiger partial charge < -0.3 is 23.7 Å². The number of carbonyl (C=O) groups excluding carboxylic acids is 2. The largest absolute Gasteiger partial charge is 0.493 e. The fourth-order valence-corrected chi connectivity index (χ4v) is 3.34. The molecule has 7 nitrogen and oxygen atoms in total. The number of ether oxygens (including phenoxy) is 5. The number of hydrogen-bond donors (Lipinski definition) is 0. The van der Waals surface area contributed by atoms with Gasteiger partial charge in [-0.05, 0) is 51.5 Å². The van der Waals surface area contributed by atoms with Crippen molar-refractivity contribution in [1.82, 2.24) is 0 Å². The number of carbonyl (C=O) groups is 2. The van der Waals surface area contributed by atoms with Gasteiger partial charge in [0.2, 0.25) is 5.75 Å². The molecule has 0 saturated carbocycles. The second-order valence-electron chi connectivity index (χ2n) is 8.21. The summed E-state index contributed by atoms with van der Waals surface area (Å²) in [6.07, 6.45) is -0.224. The molecule has 31 heavy (non-hydrogen) atoms. The molecule has 3 rings (SSSR count). The minimum atomic E-state index is -0.895. The molecule has 1 heterocycles. The van der Waals surface area contributed by atoms with Crippen molar-refractivity contribution < 1.29 is 33.3 Å². The molecule has 0 aliphatic carbocycles. The molecule has 0 atom stereocenters. The van der Waals surface area contributed by atoms with Crippen molar-refractivity contribution in [3.8, 4) is 28.4 Å². The van der Waals surface area contributed by atoms with Gasteiger partial charge in [-0.2, -0.15) is 0 Å². The Morgan fingerprint density at radius 1 is 1.03 bits per heavy atom. The fraction of sp³-hybridized carbons (Fsp3) is 0.417. The van der Waals surface area contributed by atoms with E-state index in [0.29, 0.717) is 28.4 Å². The van der Waals surface area contributed by atoms with Crippen LogP contribution in [0, 0.1) is 5.41 Å². The van der Waals surface area contributed by atoms with Crippen LogP contribution in [0.5, 0.6) is 17.2 Å². The highest BCUT2D eigenvalue weighted by Gasteiger charge is 2.33. The molecular formula is C24H28O7. The lowest BCUT2D eigenvalue weighted by molar-refractivity contribution is -0.159. The van der Waals surface area contributed by atoms with Crippen LogP contribution in [0.3, 0.4) is 0 Å². The Bertz CT molecular complexity index is 992. The zero-order valence-corrected chi connectivity index (χ0v) is 18.7. The van der Waals surface area contributed by atoms with E-state index in [2.05, 4.69) is 0 Å². The monoisotopic (exact) mass is 428 g/mol. The minimum absolute atomic E-state index is 0.0551. The summed E-state index contributed by atoms with van der Waals surface area (Å²) in [4.78, 5) is 24.5. The van der Waals surface area contributed by atoms with Crippen molar-refractivity contribution in [3.05, 3.63) is 41.5 Å². The maximum absolute atomic E-state index is 12.5. The molecule has 166 valence electrons. The van der Waals surface area contributed by atoms with Crippen LogP contribution in [0.4, 0.5) is 0 Å². The summed E-state index contributed by atoms with van der Waals surface area (Å²) in [7, 11) is 3.06. The van der Waals surface area contributed by atoms with Crippen LogP contribution in [-0.2, 0) is 20.9 Å². The van der Waals surface area contributed by atoms with Gasteiger partial charge in [0.1, 0.15) is 13.2 Å². The van der Waals surface area contributed by atoms with E-state index in [4.69, 9.17) is 23.7 Å². The second-order valence-corrected chi connectivity index (χ2v) is 8.21. The summed E-state index contributed by atoms with van der Waals surface area (Å²) in [5.74, 6) is 0.600. The van der Waals surface area contributed by atoms with E-state index >= 15 is 0 Å². The molecule has 0 bridgehead atoms. The van der Waals surface area contributed by atoms with E-state index in [0.717, 1.165) is 11.1 Å². The maximum Gasteiger partial charge on any atom is 0.338 e. The molecule has 1 aliphatic heterocycles. The van der Waals surface area contributed by atoms with E-state index in [1.54, 1.807) is 45.9 Å². The number of esters is 2. The number of methoxy groups -OCH3 is 2. The van der Waals surface area contributed by atoms with E-state index in [-0.39, 0.29) is 31.3 Å². The Hall–Kier alpha value is -3.22. The SMILES string of the molecule is COc1ccc(-c2cccc3c2COC3=O)c(OCC(C)(C)C(=O)OC(C)C)c1OC. The summed E-state index contributed by atoms with van der Waals surface area (Å²) in [6, 6.07) is 9.05. The van der Waals surface area contributed by atoms with Gasteiger partial charge in [0.25, 0.3) is 0 Å². The van der Waals surface area contributed by atoms with Crippen LogP contribution in [0.1, 0.15) is 43.6 Å². The highest BCUT2D eigenvalue weighted by atomic mass is 16.6. The van der Waals surface area contributed by atoms with Gasteiger partial charge >= 0.3 is 11.9 Å². The molecule has 0 saturated heterocycles. The first-order valence-electron chi connectivity index (χ1n) is 10.1. The van der Waals surface area contributed by atoms with Crippen molar-refractivity contribution in [3.63, 3.8) is 0 Å². The number of fused-ring (bicyclic) bond motifs is 1. The van der Waals surface area contributed by atoms with Gasteiger partial charge in [0, 0.05) is 11.1 Å². The van der Waals surface area contributed by atoms with Crippen molar-refractivity contribution in [2.24, 2.45) is 5.41 Å². The van der Waals surface area contributed by atoms with Crippen LogP contribution < -0.4 is 14.2 Å². The molecule has 0 unspecified atom stereocenters. The molecule has 0 N–H and O–H groups in total. The molecule has 0 spiro atoms. The highest BCUT2D eigenvalue weighted by molar-refractivity contribution is 5.96. The third-order valence-corrected chi connectivity index (χ3v) is 5.01. The average Bonchev–Trinajstić information content (AvgIpc) is 3.12. The molecule has 0 radical (unpaired) electrons. The molecular weight excluding hydrogens is 400 g/mol. The lowest BCUT2D eigenvalue weighted by Gasteiger charge is -2.26. The Kier molecular flexibility index (Phi) is 6.43. The molecule has 0 amide bonds. The van der Waals surface area contributed by atoms with Crippen LogP contribution in [-0.4, -0.2) is 38.9 Å². The van der Waals surface area contributed by atoms with E-state index in [1.165, 1.54) is 14.2 Å². The summed E-state index contributed by atoms with van der Waals surface area (Å²) in [5, 5.41) is 0. The number of hydrogen-bond acceptors (Lipinski definition) is 7. The minimum Gasteiger partial charge on any atom is -0.493 e. The smallest absolute Gasteiger partial charge is 0.338 e. The van der Waals surface area contributed by atoms with Crippen LogP contribution in [0.15, 0.2) is 30.3 Å². The van der Waals surface area contributed by atoms with Gasteiger partial charge in [-0.3, -0.25) is 4.79 Å². The number of cyclic esters (lactones) is 1. The zero-order valence-electron chi connectivity index (χ0n) is 18.7. The standard InChI is InChI=1S/C24H28O7/c1-14(2)31-23(26)24(3,4)13-30-20-16(10-11-19(27-5)21(20)28-6)15-8-7-9-17-18(15)12-29-22(17)25/h7-11,14H,12-13H2,1-6H3. The van der Waals surface area contributed by atoms with Gasteiger partial charge in [-0.15, -0.1) is 0 Å². The fourth-order valence-electron chi connectivity index (χ4n) is 3.34. The third kappa shape index (κ3) is 4.45. The first kappa shape index (κ1) is 22.5. The summed E-state index contributed by atoms with van der Waals surface area (Å²) in [5.41, 5.74) is 1.91. The van der Waals surface area contributed by atoms with Gasteiger partial charge in [-0.1, -0.05) is 12.1 Å². The molecule has 7 heteroatoms. The van der Waals surface area contributed by atoms with Crippen LogP contribution >= 0.6 is 0 Å². The molecule has 1 aliphatic rings. The normalized spacial score (nSPS) is 12.9. The van der Waals surface area contributed by atoms with E-state index in [1.807, 2.05) is 12.1 Å². The summed E-state index contributed by atoms with van der Waals surface area (Å²) >= 11 is 0. The van der Waals surface area contributed by atoms with Crippen molar-refractivity contribution in [1.29, 1.82) is 0 Å². The molecule has 2 aromatic rings. The van der Waals surface area contributed by atoms with Crippen molar-refractivity contribution >= 4 is 11.9 Å². The van der Waals surface area contributed by atoms with E-state index < -0.39 is 5.41 Å². The Balaban J connectivity index is 2.05. The summed E-state index contributed by atoms with van der Waals surface area (Å²) < 4.78 is 27.8. The number of rotatable bonds is 8. The second kappa shape index (κ2) is 8.88. The predicted molar refractivity (Wildman–Crippen MR) is 115 cm³/mol. The van der Waals surface area contributed by atoms with Crippen molar-refractivity contribution in [2.45, 2.75) is 40.4 Å². The Morgan fingerprint density at radius 2 is 1.74 bits per heavy atom. The lowest BCUT2D eigenvalue weighted by atomic mass is 9.94. The average molecular weight is 428 g/mol. The maximum atomic E-state index is 12.5. The third-order valence-electron chi connectivity index (χ3n) is 5.01. The Morgan fingerprint density at radius 3 is 2.39 bits per heavy atom. The quantitative estimate of drug-likeness (QED) is 0.577. The Labute approximate surface area is 182 Å². The molecule has 0 aromatic heterocycles. The summed E-state index contributed by atoms with van der Waals surface area (Å²) in [6.45, 7) is 7.37.